The van der Waals surface area contributed by atoms with Gasteiger partial charge in [0, 0.05) is 11.1 Å². The second-order valence-corrected chi connectivity index (χ2v) is 10.1. The Morgan fingerprint density at radius 2 is 1.56 bits per heavy atom. The van der Waals surface area contributed by atoms with Crippen molar-refractivity contribution < 1.29 is 27.4 Å². The number of hydrogen-bond donors (Lipinski definition) is 1. The highest BCUT2D eigenvalue weighted by atomic mass is 35.5. The third-order valence-electron chi connectivity index (χ3n) is 5.61. The molecule has 3 rings (SSSR count). The van der Waals surface area contributed by atoms with E-state index < -0.39 is 22.5 Å². The predicted molar refractivity (Wildman–Crippen MR) is 140 cm³/mol. The number of carbonyl (C=O) groups is 1. The SMILES string of the molecule is CCC(NC(=O)CN(c1ccc(Cl)cc1)S(=O)(=O)c1ccc(OC)c(OC)c1)c1ccc(OC)cc1. The van der Waals surface area contributed by atoms with Crippen LogP contribution < -0.4 is 23.8 Å². The van der Waals surface area contributed by atoms with E-state index in [-0.39, 0.29) is 16.7 Å². The van der Waals surface area contributed by atoms with Gasteiger partial charge in [-0.3, -0.25) is 9.10 Å². The molecule has 3 aromatic carbocycles. The van der Waals surface area contributed by atoms with Crippen molar-refractivity contribution in [1.29, 1.82) is 0 Å². The second-order valence-electron chi connectivity index (χ2n) is 7.81. The minimum Gasteiger partial charge on any atom is -0.497 e. The topological polar surface area (TPSA) is 94.2 Å². The summed E-state index contributed by atoms with van der Waals surface area (Å²) < 4.78 is 44.2. The highest BCUT2D eigenvalue weighted by Gasteiger charge is 2.29. The zero-order valence-electron chi connectivity index (χ0n) is 20.5. The van der Waals surface area contributed by atoms with Gasteiger partial charge < -0.3 is 19.5 Å². The molecule has 0 heterocycles. The van der Waals surface area contributed by atoms with Gasteiger partial charge in [-0.1, -0.05) is 30.7 Å². The number of sulfonamides is 1. The molecule has 0 aliphatic carbocycles. The molecule has 0 saturated carbocycles. The van der Waals surface area contributed by atoms with Crippen LogP contribution in [0, 0.1) is 0 Å². The molecule has 0 aliphatic heterocycles. The Balaban J connectivity index is 1.93. The average Bonchev–Trinajstić information content (AvgIpc) is 2.90. The molecule has 0 aliphatic rings. The van der Waals surface area contributed by atoms with Crippen molar-refractivity contribution in [2.75, 3.05) is 32.2 Å². The van der Waals surface area contributed by atoms with Gasteiger partial charge in [0.25, 0.3) is 10.0 Å². The highest BCUT2D eigenvalue weighted by molar-refractivity contribution is 7.92. The van der Waals surface area contributed by atoms with E-state index in [9.17, 15) is 13.2 Å². The first-order valence-corrected chi connectivity index (χ1v) is 13.0. The molecule has 36 heavy (non-hydrogen) atoms. The largest absolute Gasteiger partial charge is 0.497 e. The summed E-state index contributed by atoms with van der Waals surface area (Å²) in [6.45, 7) is 1.50. The summed E-state index contributed by atoms with van der Waals surface area (Å²) in [6.07, 6.45) is 0.613. The van der Waals surface area contributed by atoms with Gasteiger partial charge >= 0.3 is 0 Å². The molecule has 0 spiro atoms. The Bertz CT molecular complexity index is 1280. The number of halogens is 1. The fourth-order valence-electron chi connectivity index (χ4n) is 3.65. The summed E-state index contributed by atoms with van der Waals surface area (Å²) in [5.41, 5.74) is 1.18. The number of rotatable bonds is 11. The van der Waals surface area contributed by atoms with E-state index in [1.165, 1.54) is 32.4 Å². The number of hydrogen-bond acceptors (Lipinski definition) is 6. The molecule has 1 amide bonds. The van der Waals surface area contributed by atoms with Crippen LogP contribution in [0.3, 0.4) is 0 Å². The zero-order valence-corrected chi connectivity index (χ0v) is 22.1. The van der Waals surface area contributed by atoms with Gasteiger partial charge in [0.15, 0.2) is 11.5 Å². The summed E-state index contributed by atoms with van der Waals surface area (Å²) >= 11 is 6.02. The third-order valence-corrected chi connectivity index (χ3v) is 7.63. The van der Waals surface area contributed by atoms with E-state index >= 15 is 0 Å². The third kappa shape index (κ3) is 6.22. The molecule has 10 heteroatoms. The second kappa shape index (κ2) is 12.0. The lowest BCUT2D eigenvalue weighted by Gasteiger charge is -2.26. The number of ether oxygens (including phenoxy) is 3. The number of benzene rings is 3. The maximum Gasteiger partial charge on any atom is 0.264 e. The number of amides is 1. The highest BCUT2D eigenvalue weighted by Crippen LogP contribution is 2.32. The molecule has 1 unspecified atom stereocenters. The standard InChI is InChI=1S/C26H29ClN2O6S/c1-5-23(18-6-12-21(33-2)13-7-18)28-26(30)17-29(20-10-8-19(27)9-11-20)36(31,32)22-14-15-24(34-3)25(16-22)35-4/h6-16,23H,5,17H2,1-4H3,(H,28,30). The first-order valence-electron chi connectivity index (χ1n) is 11.2. The molecule has 192 valence electrons. The van der Waals surface area contributed by atoms with Crippen LogP contribution >= 0.6 is 11.6 Å². The molecule has 0 saturated heterocycles. The quantitative estimate of drug-likeness (QED) is 0.380. The van der Waals surface area contributed by atoms with Crippen LogP contribution in [0.25, 0.3) is 0 Å². The number of anilines is 1. The lowest BCUT2D eigenvalue weighted by molar-refractivity contribution is -0.120. The lowest BCUT2D eigenvalue weighted by Crippen LogP contribution is -2.42. The summed E-state index contributed by atoms with van der Waals surface area (Å²) in [5.74, 6) is 0.883. The van der Waals surface area contributed by atoms with Gasteiger partial charge in [-0.15, -0.1) is 0 Å². The van der Waals surface area contributed by atoms with Crippen LogP contribution in [0.2, 0.25) is 5.02 Å². The van der Waals surface area contributed by atoms with E-state index in [1.807, 2.05) is 31.2 Å². The smallest absolute Gasteiger partial charge is 0.264 e. The van der Waals surface area contributed by atoms with Gasteiger partial charge in [-0.2, -0.15) is 0 Å². The number of methoxy groups -OCH3 is 3. The number of nitrogens with zero attached hydrogens (tertiary/aromatic N) is 1. The van der Waals surface area contributed by atoms with Gasteiger partial charge in [-0.05, 0) is 60.5 Å². The summed E-state index contributed by atoms with van der Waals surface area (Å²) in [4.78, 5) is 13.1. The normalized spacial score (nSPS) is 11.9. The Hall–Kier alpha value is -3.43. The summed E-state index contributed by atoms with van der Waals surface area (Å²) in [6, 6.07) is 17.6. The average molecular weight is 533 g/mol. The molecule has 0 fully saturated rings. The van der Waals surface area contributed by atoms with Crippen molar-refractivity contribution in [3.63, 3.8) is 0 Å². The van der Waals surface area contributed by atoms with Crippen molar-refractivity contribution in [1.82, 2.24) is 5.32 Å². The fourth-order valence-corrected chi connectivity index (χ4v) is 5.22. The summed E-state index contributed by atoms with van der Waals surface area (Å²) in [7, 11) is 0.304. The summed E-state index contributed by atoms with van der Waals surface area (Å²) in [5, 5.41) is 3.38. The molecular weight excluding hydrogens is 504 g/mol. The molecular formula is C26H29ClN2O6S. The number of carbonyl (C=O) groups excluding carboxylic acids is 1. The molecule has 0 radical (unpaired) electrons. The Morgan fingerprint density at radius 1 is 0.917 bits per heavy atom. The molecule has 1 N–H and O–H groups in total. The van der Waals surface area contributed by atoms with Gasteiger partial charge in [0.2, 0.25) is 5.91 Å². The van der Waals surface area contributed by atoms with Crippen LogP contribution in [0.4, 0.5) is 5.69 Å². The minimum absolute atomic E-state index is 0.0508. The van der Waals surface area contributed by atoms with Crippen molar-refractivity contribution in [2.24, 2.45) is 0 Å². The molecule has 3 aromatic rings. The monoisotopic (exact) mass is 532 g/mol. The molecule has 8 nitrogen and oxygen atoms in total. The van der Waals surface area contributed by atoms with E-state index in [0.29, 0.717) is 28.6 Å². The Labute approximate surface area is 216 Å². The lowest BCUT2D eigenvalue weighted by atomic mass is 10.0. The fraction of sp³-hybridized carbons (Fsp3) is 0.269. The van der Waals surface area contributed by atoms with Gasteiger partial charge in [0.05, 0.1) is 38.0 Å². The van der Waals surface area contributed by atoms with E-state index in [1.54, 1.807) is 31.4 Å². The van der Waals surface area contributed by atoms with Crippen LogP contribution in [-0.2, 0) is 14.8 Å². The Kier molecular flexibility index (Phi) is 9.06. The van der Waals surface area contributed by atoms with Crippen LogP contribution in [-0.4, -0.2) is 42.2 Å². The van der Waals surface area contributed by atoms with Crippen LogP contribution in [0.1, 0.15) is 24.9 Å². The van der Waals surface area contributed by atoms with Crippen molar-refractivity contribution >= 4 is 33.2 Å². The van der Waals surface area contributed by atoms with Crippen LogP contribution in [0.5, 0.6) is 17.2 Å². The van der Waals surface area contributed by atoms with E-state index in [0.717, 1.165) is 9.87 Å². The Morgan fingerprint density at radius 3 is 2.11 bits per heavy atom. The van der Waals surface area contributed by atoms with Crippen LogP contribution in [0.15, 0.2) is 71.6 Å². The van der Waals surface area contributed by atoms with Crippen molar-refractivity contribution in [3.05, 3.63) is 77.3 Å². The molecule has 0 aromatic heterocycles. The van der Waals surface area contributed by atoms with E-state index in [4.69, 9.17) is 25.8 Å². The van der Waals surface area contributed by atoms with Gasteiger partial charge in [0.1, 0.15) is 12.3 Å². The van der Waals surface area contributed by atoms with Gasteiger partial charge in [-0.25, -0.2) is 8.42 Å². The number of nitrogens with one attached hydrogen (secondary N) is 1. The zero-order chi connectivity index (χ0) is 26.3. The van der Waals surface area contributed by atoms with Crippen molar-refractivity contribution in [3.8, 4) is 17.2 Å². The first-order chi connectivity index (χ1) is 17.2. The molecule has 1 atom stereocenters. The maximum absolute atomic E-state index is 13.7. The minimum atomic E-state index is -4.16. The predicted octanol–water partition coefficient (Wildman–Crippen LogP) is 4.83. The van der Waals surface area contributed by atoms with E-state index in [2.05, 4.69) is 5.32 Å². The van der Waals surface area contributed by atoms with Crippen molar-refractivity contribution in [2.45, 2.75) is 24.3 Å². The first kappa shape index (κ1) is 27.2. The molecule has 0 bridgehead atoms. The maximum atomic E-state index is 13.7.